The van der Waals surface area contributed by atoms with Gasteiger partial charge in [-0.15, -0.1) is 0 Å². The zero-order valence-corrected chi connectivity index (χ0v) is 5.84. The molecule has 3 nitrogen and oxygen atoms in total. The highest BCUT2D eigenvalue weighted by Gasteiger charge is 2.26. The summed E-state index contributed by atoms with van der Waals surface area (Å²) in [5, 5.41) is 0. The van der Waals surface area contributed by atoms with Gasteiger partial charge in [-0.3, -0.25) is 0 Å². The number of halogens is 1. The maximum atomic E-state index is 12.7. The number of fused-ring (bicyclic) bond motifs is 1. The summed E-state index contributed by atoms with van der Waals surface area (Å²) in [5.41, 5.74) is 1.25. The van der Waals surface area contributed by atoms with E-state index >= 15 is 0 Å². The lowest BCUT2D eigenvalue weighted by Crippen LogP contribution is -2.18. The molecule has 0 fully saturated rings. The van der Waals surface area contributed by atoms with Gasteiger partial charge in [0.05, 0.1) is 6.26 Å². The molecule has 0 saturated heterocycles. The predicted molar refractivity (Wildman–Crippen MR) is 34.6 cm³/mol. The minimum Gasteiger partial charge on any atom is -0.439 e. The highest BCUT2D eigenvalue weighted by Crippen LogP contribution is 2.20. The first-order valence-electron chi connectivity index (χ1n) is 3.44. The average Bonchev–Trinajstić information content (AvgIpc) is 2.33. The second-order valence-electron chi connectivity index (χ2n) is 2.63. The van der Waals surface area contributed by atoms with Crippen molar-refractivity contribution in [3.8, 4) is 0 Å². The molecule has 1 aliphatic heterocycles. The highest BCUT2D eigenvalue weighted by atomic mass is 19.1. The number of hydrogen-bond donors (Lipinski definition) is 0. The largest absolute Gasteiger partial charge is 0.439 e. The van der Waals surface area contributed by atoms with E-state index in [0.717, 1.165) is 10.3 Å². The lowest BCUT2D eigenvalue weighted by atomic mass is 10.1. The molecule has 0 spiro atoms. The third-order valence-corrected chi connectivity index (χ3v) is 1.89. The maximum absolute atomic E-state index is 12.7. The van der Waals surface area contributed by atoms with E-state index in [1.807, 2.05) is 0 Å². The fraction of sp³-hybridized carbons (Fsp3) is 0.429. The summed E-state index contributed by atoms with van der Waals surface area (Å²) in [7, 11) is 0. The summed E-state index contributed by atoms with van der Waals surface area (Å²) in [6.45, 7) is 0.559. The van der Waals surface area contributed by atoms with Gasteiger partial charge in [0, 0.05) is 21.7 Å². The van der Waals surface area contributed by atoms with E-state index in [-0.39, 0.29) is 6.54 Å². The Hall–Kier alpha value is -1.19. The number of nitrogens with zero attached hydrogens (tertiary/aromatic N) is 1. The van der Waals surface area contributed by atoms with Gasteiger partial charge in [-0.2, -0.15) is 4.39 Å². The molecule has 4 heteroatoms. The van der Waals surface area contributed by atoms with Crippen molar-refractivity contribution in [2.24, 2.45) is 0 Å². The Bertz CT molecular complexity index is 305. The van der Waals surface area contributed by atoms with Gasteiger partial charge in [0.15, 0.2) is 6.54 Å². The van der Waals surface area contributed by atoms with E-state index < -0.39 is 6.01 Å². The molecule has 58 valence electrons. The number of nitroso groups, excluding NO2 is 1. The Balaban J connectivity index is 2.45. The van der Waals surface area contributed by atoms with E-state index in [0.29, 0.717) is 18.5 Å². The molecule has 1 aliphatic rings. The molecule has 0 amide bonds. The van der Waals surface area contributed by atoms with Gasteiger partial charge in [-0.05, 0) is 0 Å². The second kappa shape index (κ2) is 2.15. The second-order valence-corrected chi connectivity index (χ2v) is 2.63. The van der Waals surface area contributed by atoms with Crippen LogP contribution in [-0.4, -0.2) is 11.3 Å². The predicted octanol–water partition coefficient (Wildman–Crippen LogP) is 1.25. The Morgan fingerprint density at radius 3 is 3.27 bits per heavy atom. The minimum absolute atomic E-state index is 0.123. The van der Waals surface area contributed by atoms with E-state index in [1.165, 1.54) is 6.26 Å². The normalized spacial score (nSPS) is 16.6. The smallest absolute Gasteiger partial charge is 0.287 e. The molecule has 0 radical (unpaired) electrons. The Kier molecular flexibility index (Phi) is 1.27. The third kappa shape index (κ3) is 0.943. The number of furan rings is 1. The van der Waals surface area contributed by atoms with Crippen molar-refractivity contribution in [3.05, 3.63) is 28.3 Å². The number of hydrogen-bond acceptors (Lipinski definition) is 2. The molecule has 0 atom stereocenters. The summed E-state index contributed by atoms with van der Waals surface area (Å²) >= 11 is 0. The lowest BCUT2D eigenvalue weighted by molar-refractivity contribution is -0.568. The fourth-order valence-corrected chi connectivity index (χ4v) is 1.27. The first kappa shape index (κ1) is 6.52. The lowest BCUT2D eigenvalue weighted by Gasteiger charge is -2.01. The molecule has 1 aromatic heterocycles. The molecule has 0 unspecified atom stereocenters. The highest BCUT2D eigenvalue weighted by molar-refractivity contribution is 5.22. The van der Waals surface area contributed by atoms with Crippen LogP contribution in [0.5, 0.6) is 0 Å². The van der Waals surface area contributed by atoms with Crippen LogP contribution in [0.15, 0.2) is 10.7 Å². The van der Waals surface area contributed by atoms with E-state index in [4.69, 9.17) is 0 Å². The molecule has 0 aromatic carbocycles. The van der Waals surface area contributed by atoms with Gasteiger partial charge in [-0.1, -0.05) is 0 Å². The van der Waals surface area contributed by atoms with Crippen LogP contribution in [0.1, 0.15) is 11.1 Å². The van der Waals surface area contributed by atoms with Crippen molar-refractivity contribution in [2.75, 3.05) is 6.54 Å². The van der Waals surface area contributed by atoms with Crippen molar-refractivity contribution in [1.82, 2.24) is 0 Å². The molecular weight excluding hydrogens is 149 g/mol. The van der Waals surface area contributed by atoms with E-state index in [2.05, 4.69) is 4.42 Å². The first-order chi connectivity index (χ1) is 5.27. The molecule has 0 saturated carbocycles. The number of rotatable bonds is 0. The van der Waals surface area contributed by atoms with Crippen LogP contribution in [0.25, 0.3) is 0 Å². The monoisotopic (exact) mass is 156 g/mol. The van der Waals surface area contributed by atoms with Crippen LogP contribution in [0, 0.1) is 10.9 Å². The summed E-state index contributed by atoms with van der Waals surface area (Å²) in [6, 6.07) is -0.611. The van der Waals surface area contributed by atoms with Gasteiger partial charge in [-0.25, -0.2) is 0 Å². The summed E-state index contributed by atoms with van der Waals surface area (Å²) in [5.74, 6) is 0. The molecule has 0 aliphatic carbocycles. The zero-order chi connectivity index (χ0) is 7.84. The quantitative estimate of drug-likeness (QED) is 0.529. The fourth-order valence-electron chi connectivity index (χ4n) is 1.27. The van der Waals surface area contributed by atoms with Gasteiger partial charge in [0.2, 0.25) is 6.54 Å². The van der Waals surface area contributed by atoms with Crippen LogP contribution in [0.3, 0.4) is 0 Å². The minimum atomic E-state index is -0.611. The first-order valence-corrected chi connectivity index (χ1v) is 3.44. The molecule has 2 rings (SSSR count). The van der Waals surface area contributed by atoms with Gasteiger partial charge >= 0.3 is 0 Å². The van der Waals surface area contributed by atoms with Gasteiger partial charge < -0.3 is 4.42 Å². The Morgan fingerprint density at radius 2 is 2.45 bits per heavy atom. The van der Waals surface area contributed by atoms with Crippen LogP contribution in [-0.2, 0) is 13.0 Å². The molecule has 2 heterocycles. The van der Waals surface area contributed by atoms with Crippen LogP contribution in [0.2, 0.25) is 0 Å². The van der Waals surface area contributed by atoms with Crippen LogP contribution < -0.4 is 0 Å². The van der Waals surface area contributed by atoms with Gasteiger partial charge in [0.1, 0.15) is 5.56 Å². The zero-order valence-electron chi connectivity index (χ0n) is 5.84. The third-order valence-electron chi connectivity index (χ3n) is 1.89. The van der Waals surface area contributed by atoms with Crippen molar-refractivity contribution in [3.63, 3.8) is 0 Å². The summed E-state index contributed by atoms with van der Waals surface area (Å²) < 4.78 is 18.0. The van der Waals surface area contributed by atoms with Crippen molar-refractivity contribution < 1.29 is 13.6 Å². The van der Waals surface area contributed by atoms with Crippen molar-refractivity contribution in [2.45, 2.75) is 13.0 Å². The van der Waals surface area contributed by atoms with Crippen molar-refractivity contribution in [1.29, 1.82) is 0 Å². The summed E-state index contributed by atoms with van der Waals surface area (Å²) in [6.07, 6.45) is 1.98. The average molecular weight is 156 g/mol. The van der Waals surface area contributed by atoms with E-state index in [1.54, 1.807) is 0 Å². The molecule has 0 N–H and O–H groups in total. The molecule has 0 bridgehead atoms. The Morgan fingerprint density at radius 1 is 1.64 bits per heavy atom. The SMILES string of the molecule is O=[N+]1CCc2coc(F)c2C1. The molecule has 1 aromatic rings. The molecule has 11 heavy (non-hydrogen) atoms. The van der Waals surface area contributed by atoms with E-state index in [9.17, 15) is 9.30 Å². The van der Waals surface area contributed by atoms with Crippen LogP contribution >= 0.6 is 0 Å². The van der Waals surface area contributed by atoms with Crippen molar-refractivity contribution >= 4 is 0 Å². The van der Waals surface area contributed by atoms with Gasteiger partial charge in [0.25, 0.3) is 6.01 Å². The topological polar surface area (TPSA) is 33.2 Å². The Labute approximate surface area is 62.4 Å². The summed E-state index contributed by atoms with van der Waals surface area (Å²) in [4.78, 5) is 10.8. The van der Waals surface area contributed by atoms with Crippen LogP contribution in [0.4, 0.5) is 4.39 Å². The maximum Gasteiger partial charge on any atom is 0.287 e. The standard InChI is InChI=1S/C7H7FNO2/c8-7-6-3-9(10)2-1-5(6)4-11-7/h4H,1-3H2/q+1. The molecular formula is C7H7FNO2+.